The smallest absolute Gasteiger partial charge is 0.218 e. The second-order valence-corrected chi connectivity index (χ2v) is 19.2. The number of nitrogens with zero attached hydrogens (tertiary/aromatic N) is 3. The third kappa shape index (κ3) is 7.40. The first-order chi connectivity index (χ1) is 33.6. The summed E-state index contributed by atoms with van der Waals surface area (Å²) in [6, 6.07) is 68.2. The topological polar surface area (TPSA) is 34.0 Å². The van der Waals surface area contributed by atoms with Gasteiger partial charge in [-0.25, -0.2) is 9.13 Å². The van der Waals surface area contributed by atoms with Crippen LogP contribution >= 0.6 is 0 Å². The number of ether oxygens (including phenoxy) is 1. The predicted molar refractivity (Wildman–Crippen MR) is 280 cm³/mol. The maximum atomic E-state index is 7.24. The summed E-state index contributed by atoms with van der Waals surface area (Å²) in [6.07, 6.45) is 5.63. The van der Waals surface area contributed by atoms with Gasteiger partial charge in [-0.3, -0.25) is 0 Å². The highest BCUT2D eigenvalue weighted by Gasteiger charge is 2.43. The highest BCUT2D eigenvalue weighted by molar-refractivity contribution is 6.17. The Kier molecular flexibility index (Phi) is 11.1. The van der Waals surface area contributed by atoms with Crippen LogP contribution in [0.4, 0.5) is 0 Å². The van der Waals surface area contributed by atoms with E-state index in [-0.39, 0.29) is 5.41 Å². The largest absolute Gasteiger partial charge is 0.455 e. The molecule has 0 spiro atoms. The summed E-state index contributed by atoms with van der Waals surface area (Å²) in [4.78, 5) is 0. The summed E-state index contributed by atoms with van der Waals surface area (Å²) < 4.78 is 21.1. The average Bonchev–Trinajstić information content (AvgIpc) is 3.73. The van der Waals surface area contributed by atoms with E-state index in [1.54, 1.807) is 0 Å². The third-order valence-corrected chi connectivity index (χ3v) is 15.2. The van der Waals surface area contributed by atoms with Crippen LogP contribution in [0.5, 0.6) is 0 Å². The molecule has 5 heteroatoms. The Labute approximate surface area is 405 Å². The van der Waals surface area contributed by atoms with E-state index in [0.29, 0.717) is 6.42 Å². The third-order valence-electron chi connectivity index (χ3n) is 15.2. The molecule has 2 atom stereocenters. The molecule has 0 fully saturated rings. The fraction of sp³-hybridized carbons (Fsp3) is 0.172. The van der Waals surface area contributed by atoms with Gasteiger partial charge in [-0.1, -0.05) is 121 Å². The Morgan fingerprint density at radius 1 is 0.536 bits per heavy atom. The Bertz CT molecular complexity index is 3690. The molecule has 0 aliphatic carbocycles. The van der Waals surface area contributed by atoms with Crippen molar-refractivity contribution in [1.29, 1.82) is 0 Å². The Morgan fingerprint density at radius 2 is 1.20 bits per heavy atom. The van der Waals surface area contributed by atoms with E-state index in [4.69, 9.17) is 9.15 Å². The van der Waals surface area contributed by atoms with Crippen molar-refractivity contribution in [3.05, 3.63) is 245 Å². The van der Waals surface area contributed by atoms with Gasteiger partial charge in [0.15, 0.2) is 29.4 Å². The molecular weight excluding hydrogens is 843 g/mol. The molecule has 338 valence electrons. The molecule has 2 unspecified atom stereocenters. The van der Waals surface area contributed by atoms with E-state index in [2.05, 4.69) is 256 Å². The summed E-state index contributed by atoms with van der Waals surface area (Å²) in [5, 5.41) is 6.99. The lowest BCUT2D eigenvalue weighted by molar-refractivity contribution is -0.685. The molecule has 11 aromatic rings. The highest BCUT2D eigenvalue weighted by atomic mass is 16.5. The second kappa shape index (κ2) is 17.4. The van der Waals surface area contributed by atoms with Crippen LogP contribution in [-0.2, 0) is 49.7 Å². The zero-order valence-corrected chi connectivity index (χ0v) is 40.6. The first-order valence-corrected chi connectivity index (χ1v) is 24.0. The summed E-state index contributed by atoms with van der Waals surface area (Å²) in [7, 11) is 8.37. The van der Waals surface area contributed by atoms with Gasteiger partial charge in [0, 0.05) is 60.7 Å². The molecule has 0 N–H and O–H groups in total. The van der Waals surface area contributed by atoms with Gasteiger partial charge in [0.05, 0.1) is 17.4 Å². The number of pyridine rings is 3. The lowest BCUT2D eigenvalue weighted by atomic mass is 9.73. The first-order valence-electron chi connectivity index (χ1n) is 24.0. The minimum Gasteiger partial charge on any atom is -0.455 e. The predicted octanol–water partition coefficient (Wildman–Crippen LogP) is 13.0. The summed E-state index contributed by atoms with van der Waals surface area (Å²) in [5.41, 5.74) is 14.6. The minimum absolute atomic E-state index is 0.342. The number of benzene rings is 7. The molecule has 4 aromatic heterocycles. The lowest BCUT2D eigenvalue weighted by Gasteiger charge is -2.32. The molecular formula is C64H58N3O2+3. The Hall–Kier alpha value is -7.73. The summed E-state index contributed by atoms with van der Waals surface area (Å²) in [6.45, 7) is 6.91. The maximum absolute atomic E-state index is 7.24. The number of aromatic nitrogens is 3. The van der Waals surface area contributed by atoms with Crippen LogP contribution in [0.1, 0.15) is 51.8 Å². The van der Waals surface area contributed by atoms with Crippen molar-refractivity contribution in [3.8, 4) is 22.4 Å². The quantitative estimate of drug-likeness (QED) is 0.0957. The van der Waals surface area contributed by atoms with Gasteiger partial charge >= 0.3 is 0 Å². The van der Waals surface area contributed by atoms with E-state index in [0.717, 1.165) is 56.4 Å². The number of rotatable bonds is 11. The van der Waals surface area contributed by atoms with E-state index in [9.17, 15) is 0 Å². The SMILES string of the molecule is COC(Cc1cc2c(oc3cc4c(ccc5ccccc54)cc32)c(-c2cccc(CC(C)(c3ccccc3C)c3cccc[n+]3C)[n+]2C)c1C)(c1ccc(-c2ccccc2)cc1)c1cccc[n+]1C. The summed E-state index contributed by atoms with van der Waals surface area (Å²) >= 11 is 0. The van der Waals surface area contributed by atoms with Crippen molar-refractivity contribution in [2.75, 3.05) is 7.11 Å². The molecule has 11 rings (SSSR count). The van der Waals surface area contributed by atoms with Crippen LogP contribution in [-0.4, -0.2) is 7.11 Å². The Balaban J connectivity index is 1.15. The normalized spacial score (nSPS) is 13.6. The number of aryl methyl sites for hydroxylation is 3. The van der Waals surface area contributed by atoms with Crippen molar-refractivity contribution in [1.82, 2.24) is 0 Å². The van der Waals surface area contributed by atoms with Crippen molar-refractivity contribution in [2.24, 2.45) is 21.1 Å². The molecule has 0 aliphatic rings. The number of hydrogen-bond acceptors (Lipinski definition) is 2. The average molecular weight is 901 g/mol. The van der Waals surface area contributed by atoms with E-state index < -0.39 is 5.60 Å². The fourth-order valence-corrected chi connectivity index (χ4v) is 11.5. The maximum Gasteiger partial charge on any atom is 0.218 e. The molecule has 4 heterocycles. The second-order valence-electron chi connectivity index (χ2n) is 19.2. The Morgan fingerprint density at radius 3 is 1.94 bits per heavy atom. The number of hydrogen-bond donors (Lipinski definition) is 0. The van der Waals surface area contributed by atoms with E-state index >= 15 is 0 Å². The van der Waals surface area contributed by atoms with Crippen LogP contribution in [0.3, 0.4) is 0 Å². The van der Waals surface area contributed by atoms with Crippen LogP contribution < -0.4 is 13.7 Å². The molecule has 0 saturated carbocycles. The lowest BCUT2D eigenvalue weighted by Crippen LogP contribution is -2.46. The van der Waals surface area contributed by atoms with Crippen LogP contribution in [0.15, 0.2) is 205 Å². The summed E-state index contributed by atoms with van der Waals surface area (Å²) in [5.74, 6) is 0. The molecule has 0 radical (unpaired) electrons. The van der Waals surface area contributed by atoms with Crippen molar-refractivity contribution < 1.29 is 22.9 Å². The van der Waals surface area contributed by atoms with Gasteiger partial charge < -0.3 is 9.15 Å². The monoisotopic (exact) mass is 900 g/mol. The van der Waals surface area contributed by atoms with Gasteiger partial charge in [-0.05, 0) is 112 Å². The van der Waals surface area contributed by atoms with Gasteiger partial charge in [0.1, 0.15) is 32.3 Å². The molecule has 0 amide bonds. The molecule has 0 bridgehead atoms. The zero-order chi connectivity index (χ0) is 47.4. The van der Waals surface area contributed by atoms with Crippen molar-refractivity contribution in [2.45, 2.75) is 44.6 Å². The number of methoxy groups -OCH3 is 1. The van der Waals surface area contributed by atoms with Gasteiger partial charge in [0.2, 0.25) is 11.4 Å². The van der Waals surface area contributed by atoms with Gasteiger partial charge in [-0.15, -0.1) is 0 Å². The van der Waals surface area contributed by atoms with Gasteiger partial charge in [0.25, 0.3) is 0 Å². The van der Waals surface area contributed by atoms with Crippen LogP contribution in [0.25, 0.3) is 65.9 Å². The first kappa shape index (κ1) is 43.8. The van der Waals surface area contributed by atoms with Crippen molar-refractivity contribution in [3.63, 3.8) is 0 Å². The molecule has 7 aromatic carbocycles. The van der Waals surface area contributed by atoms with Crippen molar-refractivity contribution >= 4 is 43.5 Å². The number of furan rings is 1. The standard InChI is InChI=1S/C64H58N3O2/c1-43-20-11-14-26-56(43)63(3,59-28-15-17-36-65(59)4)42-51-24-19-27-57(67(51)6)61-44(2)49(39-55-54-38-48-31-30-47-23-12-13-25-52(47)53(48)40-58(54)69-62(55)61)41-64(68-7,60-29-16-18-37-66(60)5)50-34-32-46(33-35-50)45-21-9-8-10-22-45/h8-40H,41-42H2,1-7H3/q+3. The van der Waals surface area contributed by atoms with Crippen LogP contribution in [0.2, 0.25) is 0 Å². The van der Waals surface area contributed by atoms with Crippen LogP contribution in [0, 0.1) is 13.8 Å². The minimum atomic E-state index is -0.851. The molecule has 0 saturated heterocycles. The molecule has 0 aliphatic heterocycles. The molecule has 69 heavy (non-hydrogen) atoms. The highest BCUT2D eigenvalue weighted by Crippen LogP contribution is 2.45. The van der Waals surface area contributed by atoms with Gasteiger partial charge in [-0.2, -0.15) is 4.57 Å². The molecule has 5 nitrogen and oxygen atoms in total. The fourth-order valence-electron chi connectivity index (χ4n) is 11.5. The van der Waals surface area contributed by atoms with E-state index in [1.807, 2.05) is 7.11 Å². The van der Waals surface area contributed by atoms with E-state index in [1.165, 1.54) is 60.8 Å². The number of fused-ring (bicyclic) bond motifs is 6. The zero-order valence-electron chi connectivity index (χ0n) is 40.6.